The molecule has 3 nitrogen and oxygen atoms in total. The van der Waals surface area contributed by atoms with E-state index in [1.807, 2.05) is 6.08 Å². The van der Waals surface area contributed by atoms with E-state index in [1.54, 1.807) is 0 Å². The first-order valence-electron chi connectivity index (χ1n) is 3.09. The van der Waals surface area contributed by atoms with Gasteiger partial charge in [0.25, 0.3) is 0 Å². The van der Waals surface area contributed by atoms with Crippen molar-refractivity contribution in [1.29, 1.82) is 0 Å². The van der Waals surface area contributed by atoms with Gasteiger partial charge in [0.2, 0.25) is 5.91 Å². The Bertz CT molecular complexity index is 185. The molecule has 0 saturated carbocycles. The van der Waals surface area contributed by atoms with E-state index in [9.17, 15) is 4.79 Å². The van der Waals surface area contributed by atoms with Crippen molar-refractivity contribution >= 4 is 5.91 Å². The van der Waals surface area contributed by atoms with Crippen LogP contribution in [-0.4, -0.2) is 18.5 Å². The maximum Gasteiger partial charge on any atom is 0.226 e. The van der Waals surface area contributed by atoms with Crippen LogP contribution in [0.3, 0.4) is 0 Å². The summed E-state index contributed by atoms with van der Waals surface area (Å²) in [4.78, 5) is 10.7. The van der Waals surface area contributed by atoms with E-state index in [-0.39, 0.29) is 5.91 Å². The molecular weight excluding hydrogens is 116 g/mol. The molecule has 0 aromatic heterocycles. The zero-order chi connectivity index (χ0) is 6.27. The highest BCUT2D eigenvalue weighted by molar-refractivity contribution is 5.83. The van der Waals surface area contributed by atoms with Crippen molar-refractivity contribution in [3.8, 4) is 0 Å². The van der Waals surface area contributed by atoms with Gasteiger partial charge in [0.15, 0.2) is 0 Å². The minimum atomic E-state index is 0.137. The van der Waals surface area contributed by atoms with Gasteiger partial charge in [0, 0.05) is 18.7 Å². The predicted octanol–water partition coefficient (Wildman–Crippen LogP) is -0.638. The summed E-state index contributed by atoms with van der Waals surface area (Å²) in [6, 6.07) is 0.303. The minimum absolute atomic E-state index is 0.137. The lowest BCUT2D eigenvalue weighted by atomic mass is 10.2. The Balaban J connectivity index is 2.24. The van der Waals surface area contributed by atoms with E-state index in [2.05, 4.69) is 10.6 Å². The van der Waals surface area contributed by atoms with Crippen LogP contribution in [0.25, 0.3) is 0 Å². The first-order chi connectivity index (χ1) is 4.36. The van der Waals surface area contributed by atoms with E-state index < -0.39 is 0 Å². The summed E-state index contributed by atoms with van der Waals surface area (Å²) in [5.41, 5.74) is 1.07. The molecule has 1 saturated heterocycles. The zero-order valence-electron chi connectivity index (χ0n) is 4.98. The quantitative estimate of drug-likeness (QED) is 0.451. The van der Waals surface area contributed by atoms with E-state index >= 15 is 0 Å². The van der Waals surface area contributed by atoms with Gasteiger partial charge in [0.05, 0.1) is 6.04 Å². The number of fused-ring (bicyclic) bond motifs is 1. The fourth-order valence-electron chi connectivity index (χ4n) is 1.28. The first kappa shape index (κ1) is 4.99. The molecule has 1 unspecified atom stereocenters. The Morgan fingerprint density at radius 3 is 3.33 bits per heavy atom. The van der Waals surface area contributed by atoms with Crippen molar-refractivity contribution < 1.29 is 4.79 Å². The molecule has 0 aromatic rings. The van der Waals surface area contributed by atoms with Gasteiger partial charge in [-0.15, -0.1) is 0 Å². The average molecular weight is 124 g/mol. The molecule has 0 aliphatic carbocycles. The second-order valence-electron chi connectivity index (χ2n) is 2.37. The Morgan fingerprint density at radius 2 is 2.56 bits per heavy atom. The van der Waals surface area contributed by atoms with Crippen LogP contribution >= 0.6 is 0 Å². The SMILES string of the molecule is O=C1CC2NCC=C2N1. The van der Waals surface area contributed by atoms with Gasteiger partial charge in [-0.3, -0.25) is 4.79 Å². The maximum absolute atomic E-state index is 10.7. The number of amides is 1. The third-order valence-electron chi connectivity index (χ3n) is 1.73. The fourth-order valence-corrected chi connectivity index (χ4v) is 1.28. The largest absolute Gasteiger partial charge is 0.328 e. The highest BCUT2D eigenvalue weighted by Gasteiger charge is 2.28. The molecule has 2 aliphatic heterocycles. The second kappa shape index (κ2) is 1.57. The van der Waals surface area contributed by atoms with E-state index in [4.69, 9.17) is 0 Å². The molecule has 0 radical (unpaired) electrons. The molecule has 2 heterocycles. The standard InChI is InChI=1S/C6H8N2O/c9-6-3-5-4(8-6)1-2-7-5/h1,5,7H,2-3H2,(H,8,9). The van der Waals surface area contributed by atoms with E-state index in [1.165, 1.54) is 0 Å². The van der Waals surface area contributed by atoms with Crippen molar-refractivity contribution in [3.63, 3.8) is 0 Å². The minimum Gasteiger partial charge on any atom is -0.328 e. The molecule has 0 bridgehead atoms. The van der Waals surface area contributed by atoms with Crippen LogP contribution in [0.5, 0.6) is 0 Å². The molecular formula is C6H8N2O. The van der Waals surface area contributed by atoms with Crippen LogP contribution in [0.2, 0.25) is 0 Å². The highest BCUT2D eigenvalue weighted by atomic mass is 16.2. The normalized spacial score (nSPS) is 31.8. The van der Waals surface area contributed by atoms with Gasteiger partial charge in [-0.25, -0.2) is 0 Å². The monoisotopic (exact) mass is 124 g/mol. The van der Waals surface area contributed by atoms with Gasteiger partial charge in [-0.2, -0.15) is 0 Å². The Morgan fingerprint density at radius 1 is 1.67 bits per heavy atom. The molecule has 0 aromatic carbocycles. The molecule has 48 valence electrons. The van der Waals surface area contributed by atoms with Crippen LogP contribution in [0.1, 0.15) is 6.42 Å². The second-order valence-corrected chi connectivity index (χ2v) is 2.37. The number of hydrogen-bond donors (Lipinski definition) is 2. The van der Waals surface area contributed by atoms with Crippen molar-refractivity contribution in [2.24, 2.45) is 0 Å². The number of carbonyl (C=O) groups is 1. The van der Waals surface area contributed by atoms with Crippen LogP contribution in [0.4, 0.5) is 0 Å². The lowest BCUT2D eigenvalue weighted by molar-refractivity contribution is -0.119. The smallest absolute Gasteiger partial charge is 0.226 e. The third kappa shape index (κ3) is 0.650. The number of carbonyl (C=O) groups excluding carboxylic acids is 1. The van der Waals surface area contributed by atoms with Crippen LogP contribution in [0.15, 0.2) is 11.8 Å². The van der Waals surface area contributed by atoms with Crippen molar-refractivity contribution in [2.75, 3.05) is 6.54 Å². The van der Waals surface area contributed by atoms with E-state index in [0.29, 0.717) is 12.5 Å². The molecule has 3 heteroatoms. The van der Waals surface area contributed by atoms with Gasteiger partial charge in [-0.05, 0) is 6.08 Å². The molecule has 9 heavy (non-hydrogen) atoms. The predicted molar refractivity (Wildman–Crippen MR) is 32.6 cm³/mol. The van der Waals surface area contributed by atoms with Crippen molar-refractivity contribution in [1.82, 2.24) is 10.6 Å². The summed E-state index contributed by atoms with van der Waals surface area (Å²) in [5, 5.41) is 5.95. The number of rotatable bonds is 0. The molecule has 1 atom stereocenters. The van der Waals surface area contributed by atoms with Crippen molar-refractivity contribution in [2.45, 2.75) is 12.5 Å². The molecule has 1 amide bonds. The molecule has 1 fully saturated rings. The Kier molecular flexibility index (Phi) is 0.873. The summed E-state index contributed by atoms with van der Waals surface area (Å²) in [6.07, 6.45) is 2.64. The highest BCUT2D eigenvalue weighted by Crippen LogP contribution is 2.14. The van der Waals surface area contributed by atoms with Crippen LogP contribution < -0.4 is 10.6 Å². The average Bonchev–Trinajstić information content (AvgIpc) is 2.22. The Labute approximate surface area is 53.1 Å². The fraction of sp³-hybridized carbons (Fsp3) is 0.500. The molecule has 2 N–H and O–H groups in total. The summed E-state index contributed by atoms with van der Waals surface area (Å²) in [5.74, 6) is 0.137. The molecule has 2 aliphatic rings. The first-order valence-corrected chi connectivity index (χ1v) is 3.09. The number of hydrogen-bond acceptors (Lipinski definition) is 2. The Hall–Kier alpha value is -0.830. The van der Waals surface area contributed by atoms with Gasteiger partial charge >= 0.3 is 0 Å². The van der Waals surface area contributed by atoms with Crippen LogP contribution in [0, 0.1) is 0 Å². The summed E-state index contributed by atoms with van der Waals surface area (Å²) in [7, 11) is 0. The van der Waals surface area contributed by atoms with Gasteiger partial charge in [-0.1, -0.05) is 0 Å². The third-order valence-corrected chi connectivity index (χ3v) is 1.73. The summed E-state index contributed by atoms with van der Waals surface area (Å²) >= 11 is 0. The lowest BCUT2D eigenvalue weighted by Crippen LogP contribution is -2.22. The maximum atomic E-state index is 10.7. The molecule has 0 spiro atoms. The molecule has 2 rings (SSSR count). The number of nitrogens with one attached hydrogen (secondary N) is 2. The van der Waals surface area contributed by atoms with Gasteiger partial charge < -0.3 is 10.6 Å². The van der Waals surface area contributed by atoms with Crippen LogP contribution in [-0.2, 0) is 4.79 Å². The lowest BCUT2D eigenvalue weighted by Gasteiger charge is -1.99. The van der Waals surface area contributed by atoms with E-state index in [0.717, 1.165) is 12.2 Å². The summed E-state index contributed by atoms with van der Waals surface area (Å²) in [6.45, 7) is 0.903. The van der Waals surface area contributed by atoms with Crippen molar-refractivity contribution in [3.05, 3.63) is 11.8 Å². The summed E-state index contributed by atoms with van der Waals surface area (Å²) < 4.78 is 0. The zero-order valence-corrected chi connectivity index (χ0v) is 4.98. The topological polar surface area (TPSA) is 41.1 Å². The van der Waals surface area contributed by atoms with Gasteiger partial charge in [0.1, 0.15) is 0 Å².